The fourth-order valence-electron chi connectivity index (χ4n) is 2.68. The fraction of sp³-hybridized carbons (Fsp3) is 0.263. The Morgan fingerprint density at radius 2 is 2.06 bits per heavy atom. The van der Waals surface area contributed by atoms with Crippen molar-refractivity contribution in [3.8, 4) is 11.4 Å². The first-order chi connectivity index (χ1) is 14.7. The highest BCUT2D eigenvalue weighted by Crippen LogP contribution is 2.21. The van der Waals surface area contributed by atoms with Crippen LogP contribution in [0.25, 0.3) is 11.4 Å². The molecule has 0 saturated heterocycles. The standard InChI is InChI=1S/C19H18ClF3N6O2/c20-13-3-1-2-11(6-13)15(9-30)28-17(31)14-7-12(8-25-14)16-26-10-27-18(29-16)24-5-4-19(21,22)23/h1-3,6-8,10,15,25,30H,4-5,9H2,(H,28,31)(H,24,26,27,29)/t15-/m1/s1. The van der Waals surface area contributed by atoms with Gasteiger partial charge in [-0.05, 0) is 23.8 Å². The maximum absolute atomic E-state index is 12.6. The van der Waals surface area contributed by atoms with Crippen LogP contribution in [0.1, 0.15) is 28.5 Å². The quantitative estimate of drug-likeness (QED) is 0.415. The van der Waals surface area contributed by atoms with E-state index in [2.05, 4.69) is 30.6 Å². The molecule has 164 valence electrons. The zero-order valence-electron chi connectivity index (χ0n) is 15.9. The molecule has 0 fully saturated rings. The van der Waals surface area contributed by atoms with Gasteiger partial charge in [0.15, 0.2) is 5.82 Å². The molecular formula is C19H18ClF3N6O2. The lowest BCUT2D eigenvalue weighted by atomic mass is 10.1. The maximum atomic E-state index is 12.6. The Kier molecular flexibility index (Phi) is 7.08. The first kappa shape index (κ1) is 22.5. The molecule has 31 heavy (non-hydrogen) atoms. The number of H-pyrrole nitrogens is 1. The van der Waals surface area contributed by atoms with Gasteiger partial charge in [-0.1, -0.05) is 23.7 Å². The van der Waals surface area contributed by atoms with Crippen molar-refractivity contribution in [2.24, 2.45) is 0 Å². The number of aliphatic hydroxyl groups is 1. The van der Waals surface area contributed by atoms with Crippen LogP contribution in [0.2, 0.25) is 5.02 Å². The number of amides is 1. The van der Waals surface area contributed by atoms with Crippen LogP contribution in [-0.4, -0.2) is 50.3 Å². The number of nitrogens with zero attached hydrogens (tertiary/aromatic N) is 3. The molecule has 8 nitrogen and oxygen atoms in total. The first-order valence-electron chi connectivity index (χ1n) is 9.11. The molecule has 12 heteroatoms. The first-order valence-corrected chi connectivity index (χ1v) is 9.48. The van der Waals surface area contributed by atoms with E-state index in [9.17, 15) is 23.1 Å². The van der Waals surface area contributed by atoms with Crippen molar-refractivity contribution in [1.29, 1.82) is 0 Å². The molecule has 0 bridgehead atoms. The Bertz CT molecular complexity index is 1040. The van der Waals surface area contributed by atoms with Crippen molar-refractivity contribution in [3.63, 3.8) is 0 Å². The van der Waals surface area contributed by atoms with E-state index in [1.165, 1.54) is 12.3 Å². The van der Waals surface area contributed by atoms with Crippen molar-refractivity contribution in [1.82, 2.24) is 25.3 Å². The van der Waals surface area contributed by atoms with E-state index in [1.807, 2.05) is 0 Å². The largest absolute Gasteiger partial charge is 0.394 e. The monoisotopic (exact) mass is 454 g/mol. The molecule has 0 unspecified atom stereocenters. The summed E-state index contributed by atoms with van der Waals surface area (Å²) < 4.78 is 36.8. The van der Waals surface area contributed by atoms with Crippen molar-refractivity contribution in [3.05, 3.63) is 59.1 Å². The lowest BCUT2D eigenvalue weighted by Crippen LogP contribution is -2.31. The summed E-state index contributed by atoms with van der Waals surface area (Å²) in [5.74, 6) is -0.320. The number of rotatable bonds is 8. The smallest absolute Gasteiger partial charge is 0.390 e. The van der Waals surface area contributed by atoms with Gasteiger partial charge in [0.1, 0.15) is 12.0 Å². The summed E-state index contributed by atoms with van der Waals surface area (Å²) in [5, 5.41) is 15.3. The predicted molar refractivity (Wildman–Crippen MR) is 108 cm³/mol. The third-order valence-corrected chi connectivity index (χ3v) is 4.42. The van der Waals surface area contributed by atoms with E-state index in [0.29, 0.717) is 16.1 Å². The zero-order valence-corrected chi connectivity index (χ0v) is 16.7. The molecule has 0 spiro atoms. The number of carbonyl (C=O) groups is 1. The van der Waals surface area contributed by atoms with E-state index in [-0.39, 0.29) is 30.6 Å². The van der Waals surface area contributed by atoms with Gasteiger partial charge in [-0.25, -0.2) is 9.97 Å². The Morgan fingerprint density at radius 3 is 2.77 bits per heavy atom. The highest BCUT2D eigenvalue weighted by Gasteiger charge is 2.26. The van der Waals surface area contributed by atoms with Gasteiger partial charge in [0, 0.05) is 23.3 Å². The van der Waals surface area contributed by atoms with Gasteiger partial charge in [-0.2, -0.15) is 18.2 Å². The summed E-state index contributed by atoms with van der Waals surface area (Å²) in [7, 11) is 0. The van der Waals surface area contributed by atoms with Crippen LogP contribution in [0, 0.1) is 0 Å². The number of alkyl halides is 3. The summed E-state index contributed by atoms with van der Waals surface area (Å²) in [6, 6.07) is 7.57. The van der Waals surface area contributed by atoms with Gasteiger partial charge in [-0.3, -0.25) is 4.79 Å². The number of aliphatic hydroxyl groups excluding tert-OH is 1. The number of hydrogen-bond acceptors (Lipinski definition) is 6. The van der Waals surface area contributed by atoms with Crippen LogP contribution in [0.4, 0.5) is 19.1 Å². The third kappa shape index (κ3) is 6.40. The lowest BCUT2D eigenvalue weighted by molar-refractivity contribution is -0.131. The van der Waals surface area contributed by atoms with Crippen LogP contribution < -0.4 is 10.6 Å². The molecule has 3 rings (SSSR count). The number of benzene rings is 1. The van der Waals surface area contributed by atoms with Gasteiger partial charge in [-0.15, -0.1) is 0 Å². The number of aromatic nitrogens is 4. The summed E-state index contributed by atoms with van der Waals surface area (Å²) in [6.45, 7) is -0.708. The lowest BCUT2D eigenvalue weighted by Gasteiger charge is -2.16. The second-order valence-electron chi connectivity index (χ2n) is 6.49. The summed E-state index contributed by atoms with van der Waals surface area (Å²) in [5.41, 5.74) is 1.26. The van der Waals surface area contributed by atoms with Gasteiger partial charge in [0.25, 0.3) is 5.91 Å². The minimum Gasteiger partial charge on any atom is -0.394 e. The van der Waals surface area contributed by atoms with E-state index in [1.54, 1.807) is 24.3 Å². The maximum Gasteiger partial charge on any atom is 0.390 e. The highest BCUT2D eigenvalue weighted by molar-refractivity contribution is 6.30. The van der Waals surface area contributed by atoms with Crippen LogP contribution in [0.15, 0.2) is 42.9 Å². The molecule has 0 radical (unpaired) electrons. The number of carbonyl (C=O) groups excluding carboxylic acids is 1. The third-order valence-electron chi connectivity index (χ3n) is 4.19. The molecule has 3 aromatic rings. The van der Waals surface area contributed by atoms with Crippen molar-refractivity contribution >= 4 is 23.5 Å². The molecule has 0 saturated carbocycles. The van der Waals surface area contributed by atoms with Crippen molar-refractivity contribution < 1.29 is 23.1 Å². The van der Waals surface area contributed by atoms with E-state index in [4.69, 9.17) is 11.6 Å². The molecule has 4 N–H and O–H groups in total. The van der Waals surface area contributed by atoms with Crippen LogP contribution in [0.3, 0.4) is 0 Å². The minimum absolute atomic E-state index is 0.0113. The van der Waals surface area contributed by atoms with E-state index >= 15 is 0 Å². The molecule has 1 amide bonds. The average molecular weight is 455 g/mol. The molecule has 2 heterocycles. The number of anilines is 1. The van der Waals surface area contributed by atoms with E-state index in [0.717, 1.165) is 6.33 Å². The second kappa shape index (κ2) is 9.75. The number of aromatic amines is 1. The Labute approximate surface area is 179 Å². The highest BCUT2D eigenvalue weighted by atomic mass is 35.5. The Balaban J connectivity index is 1.68. The summed E-state index contributed by atoms with van der Waals surface area (Å²) in [4.78, 5) is 27.2. The molecule has 0 aliphatic heterocycles. The number of nitrogens with one attached hydrogen (secondary N) is 3. The van der Waals surface area contributed by atoms with Crippen LogP contribution in [0.5, 0.6) is 0 Å². The molecule has 0 aliphatic carbocycles. The van der Waals surface area contributed by atoms with Crippen molar-refractivity contribution in [2.45, 2.75) is 18.6 Å². The predicted octanol–water partition coefficient (Wildman–Crippen LogP) is 3.35. The molecule has 2 aromatic heterocycles. The second-order valence-corrected chi connectivity index (χ2v) is 6.93. The van der Waals surface area contributed by atoms with Crippen molar-refractivity contribution in [2.75, 3.05) is 18.5 Å². The van der Waals surface area contributed by atoms with Gasteiger partial charge in [0.05, 0.1) is 19.1 Å². The SMILES string of the molecule is O=C(N[C@H](CO)c1cccc(Cl)c1)c1cc(-c2ncnc(NCCC(F)(F)F)n2)c[nH]1. The molecular weight excluding hydrogens is 437 g/mol. The average Bonchev–Trinajstić information content (AvgIpc) is 3.22. The number of hydrogen-bond donors (Lipinski definition) is 4. The number of halogens is 4. The topological polar surface area (TPSA) is 116 Å². The van der Waals surface area contributed by atoms with Gasteiger partial charge < -0.3 is 20.7 Å². The normalized spacial score (nSPS) is 12.4. The van der Waals surface area contributed by atoms with E-state index < -0.39 is 24.5 Å². The summed E-state index contributed by atoms with van der Waals surface area (Å²) >= 11 is 5.96. The molecule has 1 atom stereocenters. The fourth-order valence-corrected chi connectivity index (χ4v) is 2.88. The Hall–Kier alpha value is -3.18. The molecule has 0 aliphatic rings. The zero-order chi connectivity index (χ0) is 22.4. The summed E-state index contributed by atoms with van der Waals surface area (Å²) in [6.07, 6.45) is -2.67. The molecule has 1 aromatic carbocycles. The van der Waals surface area contributed by atoms with Gasteiger partial charge >= 0.3 is 6.18 Å². The Morgan fingerprint density at radius 1 is 1.26 bits per heavy atom. The van der Waals surface area contributed by atoms with Crippen LogP contribution >= 0.6 is 11.6 Å². The van der Waals surface area contributed by atoms with Gasteiger partial charge in [0.2, 0.25) is 5.95 Å². The minimum atomic E-state index is -4.29. The van der Waals surface area contributed by atoms with Crippen LogP contribution in [-0.2, 0) is 0 Å².